The Balaban J connectivity index is 2.17. The third-order valence-electron chi connectivity index (χ3n) is 2.95. The van der Waals surface area contributed by atoms with E-state index in [-0.39, 0.29) is 4.90 Å². The van der Waals surface area contributed by atoms with Crippen LogP contribution in [0.4, 0.5) is 0 Å². The van der Waals surface area contributed by atoms with Crippen molar-refractivity contribution < 1.29 is 28.2 Å². The molecule has 0 bridgehead atoms. The van der Waals surface area contributed by atoms with Crippen LogP contribution < -0.4 is 10.5 Å². The third-order valence-corrected chi connectivity index (χ3v) is 4.72. The molecule has 8 heteroatoms. The SMILES string of the molecule is NC(=O)C(O)(O)CS(=O)(=O)c1ccc(Oc2ccccc2)cc1. The second-order valence-corrected chi connectivity index (χ2v) is 6.82. The summed E-state index contributed by atoms with van der Waals surface area (Å²) >= 11 is 0. The first-order chi connectivity index (χ1) is 10.7. The predicted molar refractivity (Wildman–Crippen MR) is 81.4 cm³/mol. The summed E-state index contributed by atoms with van der Waals surface area (Å²) in [6.45, 7) is 0. The highest BCUT2D eigenvalue weighted by atomic mass is 32.2. The van der Waals surface area contributed by atoms with E-state index in [1.165, 1.54) is 24.3 Å². The smallest absolute Gasteiger partial charge is 0.278 e. The van der Waals surface area contributed by atoms with E-state index in [1.54, 1.807) is 24.3 Å². The average Bonchev–Trinajstić information content (AvgIpc) is 2.47. The Morgan fingerprint density at radius 1 is 1.00 bits per heavy atom. The van der Waals surface area contributed by atoms with Gasteiger partial charge in [-0.3, -0.25) is 4.79 Å². The molecule has 0 aliphatic rings. The highest BCUT2D eigenvalue weighted by molar-refractivity contribution is 7.91. The minimum atomic E-state index is -4.11. The first-order valence-corrected chi connectivity index (χ1v) is 8.16. The summed E-state index contributed by atoms with van der Waals surface area (Å²) in [6.07, 6.45) is 0. The quantitative estimate of drug-likeness (QED) is 0.656. The van der Waals surface area contributed by atoms with Gasteiger partial charge in [0.25, 0.3) is 11.7 Å². The number of rotatable bonds is 6. The van der Waals surface area contributed by atoms with Crippen molar-refractivity contribution in [1.29, 1.82) is 0 Å². The fourth-order valence-electron chi connectivity index (χ4n) is 1.76. The molecule has 0 heterocycles. The third kappa shape index (κ3) is 4.28. The Hall–Kier alpha value is -2.42. The summed E-state index contributed by atoms with van der Waals surface area (Å²) < 4.78 is 29.6. The van der Waals surface area contributed by atoms with E-state index in [2.05, 4.69) is 0 Å². The van der Waals surface area contributed by atoms with E-state index >= 15 is 0 Å². The van der Waals surface area contributed by atoms with Gasteiger partial charge in [0.15, 0.2) is 9.84 Å². The van der Waals surface area contributed by atoms with Gasteiger partial charge in [0, 0.05) is 0 Å². The molecule has 0 spiro atoms. The summed E-state index contributed by atoms with van der Waals surface area (Å²) in [5.74, 6) is -4.90. The van der Waals surface area contributed by atoms with E-state index in [9.17, 15) is 23.4 Å². The lowest BCUT2D eigenvalue weighted by molar-refractivity contribution is -0.173. The van der Waals surface area contributed by atoms with Crippen molar-refractivity contribution in [3.05, 3.63) is 54.6 Å². The molecule has 0 fully saturated rings. The normalized spacial score (nSPS) is 11.9. The zero-order valence-corrected chi connectivity index (χ0v) is 12.7. The van der Waals surface area contributed by atoms with Crippen molar-refractivity contribution in [2.24, 2.45) is 5.73 Å². The van der Waals surface area contributed by atoms with Crippen molar-refractivity contribution in [3.63, 3.8) is 0 Å². The first kappa shape index (κ1) is 16.9. The second-order valence-electron chi connectivity index (χ2n) is 4.83. The Bertz CT molecular complexity index is 784. The van der Waals surface area contributed by atoms with Crippen molar-refractivity contribution in [2.45, 2.75) is 10.7 Å². The van der Waals surface area contributed by atoms with Gasteiger partial charge in [-0.25, -0.2) is 8.42 Å². The number of para-hydroxylation sites is 1. The van der Waals surface area contributed by atoms with Crippen LogP contribution in [0.5, 0.6) is 11.5 Å². The molecule has 23 heavy (non-hydrogen) atoms. The Morgan fingerprint density at radius 2 is 1.52 bits per heavy atom. The van der Waals surface area contributed by atoms with Gasteiger partial charge >= 0.3 is 0 Å². The zero-order valence-electron chi connectivity index (χ0n) is 11.9. The number of nitrogens with two attached hydrogens (primary N) is 1. The molecule has 0 aliphatic heterocycles. The van der Waals surface area contributed by atoms with Gasteiger partial charge in [-0.05, 0) is 36.4 Å². The highest BCUT2D eigenvalue weighted by Gasteiger charge is 2.37. The minimum absolute atomic E-state index is 0.188. The van der Waals surface area contributed by atoms with Gasteiger partial charge in [0.2, 0.25) is 0 Å². The van der Waals surface area contributed by atoms with Crippen LogP contribution in [-0.4, -0.2) is 36.1 Å². The fourth-order valence-corrected chi connectivity index (χ4v) is 3.15. The van der Waals surface area contributed by atoms with Crippen LogP contribution in [0.25, 0.3) is 0 Å². The number of aliphatic hydroxyl groups is 2. The van der Waals surface area contributed by atoms with Crippen molar-refractivity contribution in [1.82, 2.24) is 0 Å². The minimum Gasteiger partial charge on any atom is -0.457 e. The lowest BCUT2D eigenvalue weighted by Gasteiger charge is -2.17. The average molecular weight is 337 g/mol. The molecule has 122 valence electrons. The molecule has 0 unspecified atom stereocenters. The summed E-state index contributed by atoms with van der Waals surface area (Å²) in [7, 11) is -4.11. The lowest BCUT2D eigenvalue weighted by Crippen LogP contribution is -2.49. The highest BCUT2D eigenvalue weighted by Crippen LogP contribution is 2.23. The standard InChI is InChI=1S/C15H15NO6S/c16-14(17)15(18,19)10-23(20,21)13-8-6-12(7-9-13)22-11-4-2-1-3-5-11/h1-9,18-19H,10H2,(H2,16,17). The maximum atomic E-state index is 12.1. The monoisotopic (exact) mass is 337 g/mol. The second kappa shape index (κ2) is 6.37. The topological polar surface area (TPSA) is 127 Å². The van der Waals surface area contributed by atoms with E-state index in [1.807, 2.05) is 6.07 Å². The maximum absolute atomic E-state index is 12.1. The Kier molecular flexibility index (Phi) is 4.69. The first-order valence-electron chi connectivity index (χ1n) is 6.51. The molecule has 0 atom stereocenters. The van der Waals surface area contributed by atoms with Crippen molar-refractivity contribution in [2.75, 3.05) is 5.75 Å². The Labute approximate surface area is 132 Å². The summed E-state index contributed by atoms with van der Waals surface area (Å²) in [5, 5.41) is 18.6. The number of sulfone groups is 1. The van der Waals surface area contributed by atoms with E-state index in [0.29, 0.717) is 11.5 Å². The van der Waals surface area contributed by atoms with Crippen LogP contribution in [0.2, 0.25) is 0 Å². The predicted octanol–water partition coefficient (Wildman–Crippen LogP) is 0.419. The largest absolute Gasteiger partial charge is 0.457 e. The maximum Gasteiger partial charge on any atom is 0.278 e. The molecule has 0 saturated carbocycles. The van der Waals surface area contributed by atoms with Gasteiger partial charge in [-0.2, -0.15) is 0 Å². The summed E-state index contributed by atoms with van der Waals surface area (Å²) in [6, 6.07) is 14.2. The molecule has 0 saturated heterocycles. The molecule has 0 aliphatic carbocycles. The number of benzene rings is 2. The van der Waals surface area contributed by atoms with E-state index in [4.69, 9.17) is 10.5 Å². The number of hydrogen-bond acceptors (Lipinski definition) is 6. The molecule has 2 rings (SSSR count). The number of hydrogen-bond donors (Lipinski definition) is 3. The van der Waals surface area contributed by atoms with Crippen LogP contribution in [0.15, 0.2) is 59.5 Å². The number of amides is 1. The van der Waals surface area contributed by atoms with Crippen LogP contribution in [-0.2, 0) is 14.6 Å². The van der Waals surface area contributed by atoms with E-state index < -0.39 is 27.3 Å². The zero-order chi connectivity index (χ0) is 17.1. The molecule has 4 N–H and O–H groups in total. The van der Waals surface area contributed by atoms with Crippen LogP contribution in [0, 0.1) is 0 Å². The van der Waals surface area contributed by atoms with Crippen molar-refractivity contribution >= 4 is 15.7 Å². The van der Waals surface area contributed by atoms with Crippen LogP contribution >= 0.6 is 0 Å². The number of primary amides is 1. The number of ether oxygens (including phenoxy) is 1. The molecule has 0 aromatic heterocycles. The van der Waals surface area contributed by atoms with Crippen molar-refractivity contribution in [3.8, 4) is 11.5 Å². The van der Waals surface area contributed by atoms with Gasteiger partial charge in [-0.1, -0.05) is 18.2 Å². The molecule has 0 radical (unpaired) electrons. The summed E-state index contributed by atoms with van der Waals surface area (Å²) in [4.78, 5) is 10.6. The fraction of sp³-hybridized carbons (Fsp3) is 0.133. The number of carbonyl (C=O) groups excluding carboxylic acids is 1. The molecule has 2 aromatic rings. The molecule has 2 aromatic carbocycles. The lowest BCUT2D eigenvalue weighted by atomic mass is 10.3. The Morgan fingerprint density at radius 3 is 2.04 bits per heavy atom. The van der Waals surface area contributed by atoms with E-state index in [0.717, 1.165) is 0 Å². The summed E-state index contributed by atoms with van der Waals surface area (Å²) in [5.41, 5.74) is 4.74. The molecular formula is C15H15NO6S. The molecular weight excluding hydrogens is 322 g/mol. The van der Waals surface area contributed by atoms with Gasteiger partial charge in [0.1, 0.15) is 17.3 Å². The van der Waals surface area contributed by atoms with Gasteiger partial charge in [-0.15, -0.1) is 0 Å². The van der Waals surface area contributed by atoms with Gasteiger partial charge < -0.3 is 20.7 Å². The van der Waals surface area contributed by atoms with Crippen LogP contribution in [0.1, 0.15) is 0 Å². The molecule has 7 nitrogen and oxygen atoms in total. The van der Waals surface area contributed by atoms with Gasteiger partial charge in [0.05, 0.1) is 4.90 Å². The molecule has 1 amide bonds. The van der Waals surface area contributed by atoms with Crippen LogP contribution in [0.3, 0.4) is 0 Å². The number of carbonyl (C=O) groups is 1.